The first-order valence-electron chi connectivity index (χ1n) is 4.29. The first-order valence-corrected chi connectivity index (χ1v) is 4.29. The van der Waals surface area contributed by atoms with Gasteiger partial charge in [-0.2, -0.15) is 0 Å². The van der Waals surface area contributed by atoms with E-state index >= 15 is 0 Å². The van der Waals surface area contributed by atoms with Crippen LogP contribution in [0.5, 0.6) is 0 Å². The normalized spacial score (nSPS) is 14.8. The van der Waals surface area contributed by atoms with Crippen LogP contribution in [0.1, 0.15) is 20.3 Å². The number of hydrogen-bond acceptors (Lipinski definition) is 5. The van der Waals surface area contributed by atoms with Crippen molar-refractivity contribution in [2.24, 2.45) is 10.9 Å². The Labute approximate surface area is 86.4 Å². The van der Waals surface area contributed by atoms with E-state index in [4.69, 9.17) is 10.9 Å². The minimum atomic E-state index is -0.939. The second kappa shape index (κ2) is 5.74. The van der Waals surface area contributed by atoms with Gasteiger partial charge in [-0.15, -0.1) is 0 Å². The fourth-order valence-corrected chi connectivity index (χ4v) is 0.978. The van der Waals surface area contributed by atoms with Crippen LogP contribution in [0.4, 0.5) is 0 Å². The van der Waals surface area contributed by atoms with E-state index in [0.29, 0.717) is 12.0 Å². The topological polar surface area (TPSA) is 119 Å². The lowest BCUT2D eigenvalue weighted by molar-refractivity contribution is -0.507. The smallest absolute Gasteiger partial charge is 0.270 e. The number of carbonyl (C=O) groups is 1. The largest absolute Gasteiger partial charge is 0.410 e. The molecule has 7 heteroatoms. The van der Waals surface area contributed by atoms with Crippen LogP contribution in [0.15, 0.2) is 16.8 Å². The molecule has 0 aliphatic rings. The molecule has 0 saturated carbocycles. The molecule has 84 valence electrons. The Kier molecular flexibility index (Phi) is 5.00. The lowest BCUT2D eigenvalue weighted by atomic mass is 10.0. The Bertz CT molecular complexity index is 322. The van der Waals surface area contributed by atoms with E-state index in [-0.39, 0.29) is 5.71 Å². The van der Waals surface area contributed by atoms with Gasteiger partial charge in [0.1, 0.15) is 0 Å². The summed E-state index contributed by atoms with van der Waals surface area (Å²) in [6, 6.07) is -0.939. The highest BCUT2D eigenvalue weighted by molar-refractivity contribution is 6.42. The van der Waals surface area contributed by atoms with Gasteiger partial charge in [0, 0.05) is 17.4 Å². The highest BCUT2D eigenvalue weighted by atomic mass is 16.6. The maximum atomic E-state index is 10.7. The third-order valence-corrected chi connectivity index (χ3v) is 1.94. The highest BCUT2D eigenvalue weighted by Crippen LogP contribution is 2.10. The monoisotopic (exact) mass is 215 g/mol. The Hall–Kier alpha value is -1.92. The summed E-state index contributed by atoms with van der Waals surface area (Å²) in [5.74, 6) is -0.931. The number of amides is 1. The predicted molar refractivity (Wildman–Crippen MR) is 53.2 cm³/mol. The molecule has 1 amide bonds. The quantitative estimate of drug-likeness (QED) is 0.296. The van der Waals surface area contributed by atoms with Crippen LogP contribution in [-0.2, 0) is 4.79 Å². The molecule has 0 radical (unpaired) electrons. The molecule has 0 saturated heterocycles. The number of nitro groups is 1. The molecule has 15 heavy (non-hydrogen) atoms. The zero-order valence-corrected chi connectivity index (χ0v) is 8.51. The Morgan fingerprint density at radius 3 is 2.53 bits per heavy atom. The van der Waals surface area contributed by atoms with Crippen molar-refractivity contribution in [1.29, 1.82) is 0 Å². The lowest BCUT2D eigenvalue weighted by Gasteiger charge is -2.06. The van der Waals surface area contributed by atoms with Gasteiger partial charge in [0.25, 0.3) is 5.91 Å². The number of carbonyl (C=O) groups excluding carboxylic acids is 1. The Balaban J connectivity index is 5.03. The van der Waals surface area contributed by atoms with Crippen LogP contribution in [-0.4, -0.2) is 27.8 Å². The van der Waals surface area contributed by atoms with Crippen molar-refractivity contribution in [3.63, 3.8) is 0 Å². The molecule has 0 aliphatic carbocycles. The minimum absolute atomic E-state index is 0.367. The fourth-order valence-electron chi connectivity index (χ4n) is 0.978. The minimum Gasteiger partial charge on any atom is -0.410 e. The average molecular weight is 215 g/mol. The number of nitrogens with two attached hydrogens (primary N) is 1. The predicted octanol–water partition coefficient (Wildman–Crippen LogP) is 0.304. The summed E-state index contributed by atoms with van der Waals surface area (Å²) in [7, 11) is 0. The summed E-state index contributed by atoms with van der Waals surface area (Å²) in [5.41, 5.74) is 4.86. The van der Waals surface area contributed by atoms with Gasteiger partial charge in [-0.3, -0.25) is 14.9 Å². The zero-order chi connectivity index (χ0) is 12.0. The van der Waals surface area contributed by atoms with E-state index in [9.17, 15) is 14.9 Å². The van der Waals surface area contributed by atoms with Crippen molar-refractivity contribution in [3.05, 3.63) is 21.8 Å². The van der Waals surface area contributed by atoms with Gasteiger partial charge >= 0.3 is 0 Å². The molecule has 0 aromatic carbocycles. The van der Waals surface area contributed by atoms with Crippen LogP contribution in [0.3, 0.4) is 0 Å². The van der Waals surface area contributed by atoms with Crippen LogP contribution < -0.4 is 5.73 Å². The van der Waals surface area contributed by atoms with Gasteiger partial charge in [0.15, 0.2) is 5.71 Å². The third-order valence-electron chi connectivity index (χ3n) is 1.94. The van der Waals surface area contributed by atoms with Gasteiger partial charge in [0.05, 0.1) is 0 Å². The standard InChI is InChI=1S/C8H13N3O4/c1-3-6(5(2)11(14)15)4-7(10-13)8(9)12/h4-5,13H,3H2,1-2H3,(H2,9,12)/b6-4+,10-7?/t5-/m0/s1. The van der Waals surface area contributed by atoms with E-state index in [0.717, 1.165) is 6.08 Å². The molecule has 0 heterocycles. The van der Waals surface area contributed by atoms with Gasteiger partial charge in [-0.05, 0) is 12.5 Å². The summed E-state index contributed by atoms with van der Waals surface area (Å²) in [6.07, 6.45) is 1.50. The van der Waals surface area contributed by atoms with Crippen molar-refractivity contribution in [1.82, 2.24) is 0 Å². The van der Waals surface area contributed by atoms with Crippen LogP contribution in [0, 0.1) is 10.1 Å². The molecular formula is C8H13N3O4. The van der Waals surface area contributed by atoms with E-state index < -0.39 is 16.9 Å². The highest BCUT2D eigenvalue weighted by Gasteiger charge is 2.19. The third kappa shape index (κ3) is 3.75. The second-order valence-electron chi connectivity index (χ2n) is 2.88. The summed E-state index contributed by atoms with van der Waals surface area (Å²) in [6.45, 7) is 3.08. The van der Waals surface area contributed by atoms with Crippen molar-refractivity contribution in [3.8, 4) is 0 Å². The molecule has 7 nitrogen and oxygen atoms in total. The maximum Gasteiger partial charge on any atom is 0.270 e. The zero-order valence-electron chi connectivity index (χ0n) is 8.51. The molecule has 1 atom stereocenters. The maximum absolute atomic E-state index is 10.7. The average Bonchev–Trinajstić information content (AvgIpc) is 2.18. The Morgan fingerprint density at radius 1 is 1.73 bits per heavy atom. The van der Waals surface area contributed by atoms with Crippen molar-refractivity contribution < 1.29 is 14.9 Å². The first-order chi connectivity index (χ1) is 6.93. The summed E-state index contributed by atoms with van der Waals surface area (Å²) < 4.78 is 0. The molecule has 0 unspecified atom stereocenters. The number of rotatable bonds is 5. The van der Waals surface area contributed by atoms with Crippen molar-refractivity contribution in [2.45, 2.75) is 26.3 Å². The van der Waals surface area contributed by atoms with Crippen LogP contribution in [0.25, 0.3) is 0 Å². The molecule has 0 aromatic rings. The molecule has 0 spiro atoms. The molecule has 0 aliphatic heterocycles. The lowest BCUT2D eigenvalue weighted by Crippen LogP contribution is -2.24. The Morgan fingerprint density at radius 2 is 2.27 bits per heavy atom. The van der Waals surface area contributed by atoms with Gasteiger partial charge < -0.3 is 10.9 Å². The molecular weight excluding hydrogens is 202 g/mol. The van der Waals surface area contributed by atoms with E-state index in [2.05, 4.69) is 5.16 Å². The van der Waals surface area contributed by atoms with E-state index in [1.54, 1.807) is 6.92 Å². The van der Waals surface area contributed by atoms with Crippen molar-refractivity contribution in [2.75, 3.05) is 0 Å². The SMILES string of the molecule is CC/C(=C\C(=NO)C(N)=O)[C@H](C)[N+](=O)[O-]. The van der Waals surface area contributed by atoms with Crippen LogP contribution >= 0.6 is 0 Å². The van der Waals surface area contributed by atoms with E-state index in [1.165, 1.54) is 6.92 Å². The number of primary amides is 1. The fraction of sp³-hybridized carbons (Fsp3) is 0.500. The molecule has 0 fully saturated rings. The van der Waals surface area contributed by atoms with Gasteiger partial charge in [0.2, 0.25) is 6.04 Å². The molecule has 0 bridgehead atoms. The van der Waals surface area contributed by atoms with Gasteiger partial charge in [-0.1, -0.05) is 12.1 Å². The summed E-state index contributed by atoms with van der Waals surface area (Å²) in [4.78, 5) is 20.7. The van der Waals surface area contributed by atoms with Gasteiger partial charge in [-0.25, -0.2) is 0 Å². The number of oxime groups is 1. The number of hydrogen-bond donors (Lipinski definition) is 2. The second-order valence-corrected chi connectivity index (χ2v) is 2.88. The van der Waals surface area contributed by atoms with Crippen LogP contribution in [0.2, 0.25) is 0 Å². The summed E-state index contributed by atoms with van der Waals surface area (Å²) >= 11 is 0. The molecule has 0 aromatic heterocycles. The van der Waals surface area contributed by atoms with E-state index in [1.807, 2.05) is 0 Å². The van der Waals surface area contributed by atoms with Crippen molar-refractivity contribution >= 4 is 11.6 Å². The number of nitrogens with zero attached hydrogens (tertiary/aromatic N) is 2. The summed E-state index contributed by atoms with van der Waals surface area (Å²) in [5, 5.41) is 21.6. The first kappa shape index (κ1) is 13.1. The molecule has 0 rings (SSSR count). The molecule has 3 N–H and O–H groups in total.